The molecule has 1 N–H and O–H groups in total. The van der Waals surface area contributed by atoms with Gasteiger partial charge in [0, 0.05) is 0 Å². The number of nitrogens with one attached hydrogen (secondary N) is 1. The third-order valence-electron chi connectivity index (χ3n) is 1.64. The molecule has 1 amide bonds. The van der Waals surface area contributed by atoms with Crippen LogP contribution in [0.15, 0.2) is 5.51 Å². The van der Waals surface area contributed by atoms with E-state index in [2.05, 4.69) is 15.5 Å². The SMILES string of the molecule is CCCC(C#N)C(=O)Nc1nncs1. The Morgan fingerprint density at radius 1 is 1.86 bits per heavy atom. The number of hydrogen-bond acceptors (Lipinski definition) is 5. The standard InChI is InChI=1S/C8H10N4OS/c1-2-3-6(4-9)7(13)11-8-12-10-5-14-8/h5-6H,2-3H2,1H3,(H,11,12,13). The van der Waals surface area contributed by atoms with Gasteiger partial charge in [-0.05, 0) is 6.42 Å². The molecule has 1 atom stereocenters. The maximum atomic E-state index is 11.4. The van der Waals surface area contributed by atoms with Crippen LogP contribution in [0.2, 0.25) is 0 Å². The Balaban J connectivity index is 2.53. The molecule has 5 nitrogen and oxygen atoms in total. The molecular formula is C8H10N4OS. The Bertz CT molecular complexity index is 330. The minimum Gasteiger partial charge on any atom is -0.299 e. The second kappa shape index (κ2) is 5.29. The number of nitriles is 1. The summed E-state index contributed by atoms with van der Waals surface area (Å²) in [4.78, 5) is 11.4. The molecule has 0 aromatic carbocycles. The summed E-state index contributed by atoms with van der Waals surface area (Å²) in [6.45, 7) is 1.93. The normalized spacial score (nSPS) is 11.7. The summed E-state index contributed by atoms with van der Waals surface area (Å²) in [5.74, 6) is -0.894. The molecule has 1 unspecified atom stereocenters. The molecule has 0 saturated heterocycles. The average Bonchev–Trinajstić information content (AvgIpc) is 2.66. The fraction of sp³-hybridized carbons (Fsp3) is 0.500. The Kier molecular flexibility index (Phi) is 4.01. The largest absolute Gasteiger partial charge is 0.299 e. The predicted octanol–water partition coefficient (Wildman–Crippen LogP) is 1.42. The van der Waals surface area contributed by atoms with Gasteiger partial charge < -0.3 is 0 Å². The molecule has 1 heterocycles. The third-order valence-corrected chi connectivity index (χ3v) is 2.25. The molecule has 0 radical (unpaired) electrons. The highest BCUT2D eigenvalue weighted by atomic mass is 32.1. The molecular weight excluding hydrogens is 200 g/mol. The average molecular weight is 210 g/mol. The van der Waals surface area contributed by atoms with Gasteiger partial charge >= 0.3 is 0 Å². The molecule has 0 aliphatic heterocycles. The van der Waals surface area contributed by atoms with E-state index < -0.39 is 5.92 Å². The summed E-state index contributed by atoms with van der Waals surface area (Å²) in [6, 6.07) is 1.96. The predicted molar refractivity (Wildman–Crippen MR) is 52.5 cm³/mol. The molecule has 6 heteroatoms. The van der Waals surface area contributed by atoms with Crippen molar-refractivity contribution >= 4 is 22.4 Å². The van der Waals surface area contributed by atoms with E-state index in [9.17, 15) is 4.79 Å². The molecule has 74 valence electrons. The van der Waals surface area contributed by atoms with Crippen molar-refractivity contribution in [3.8, 4) is 6.07 Å². The molecule has 1 aromatic rings. The highest BCUT2D eigenvalue weighted by Gasteiger charge is 2.17. The van der Waals surface area contributed by atoms with Gasteiger partial charge in [0.05, 0.1) is 6.07 Å². The van der Waals surface area contributed by atoms with Gasteiger partial charge in [0.1, 0.15) is 11.4 Å². The molecule has 0 saturated carbocycles. The van der Waals surface area contributed by atoms with Gasteiger partial charge in [-0.15, -0.1) is 10.2 Å². The van der Waals surface area contributed by atoms with Crippen molar-refractivity contribution in [2.45, 2.75) is 19.8 Å². The van der Waals surface area contributed by atoms with Crippen molar-refractivity contribution in [2.75, 3.05) is 5.32 Å². The quantitative estimate of drug-likeness (QED) is 0.815. The summed E-state index contributed by atoms with van der Waals surface area (Å²) in [5, 5.41) is 18.9. The van der Waals surface area contributed by atoms with Gasteiger partial charge in [-0.2, -0.15) is 5.26 Å². The van der Waals surface area contributed by atoms with Gasteiger partial charge in [0.15, 0.2) is 0 Å². The molecule has 0 aliphatic carbocycles. The fourth-order valence-electron chi connectivity index (χ4n) is 0.963. The first-order valence-corrected chi connectivity index (χ1v) is 5.12. The summed E-state index contributed by atoms with van der Waals surface area (Å²) >= 11 is 1.23. The third kappa shape index (κ3) is 2.78. The minimum atomic E-state index is -0.594. The van der Waals surface area contributed by atoms with Gasteiger partial charge in [0.2, 0.25) is 11.0 Å². The molecule has 14 heavy (non-hydrogen) atoms. The maximum Gasteiger partial charge on any atom is 0.243 e. The lowest BCUT2D eigenvalue weighted by Gasteiger charge is -2.05. The van der Waals surface area contributed by atoms with E-state index in [1.165, 1.54) is 16.8 Å². The van der Waals surface area contributed by atoms with Crippen LogP contribution in [0.5, 0.6) is 0 Å². The lowest BCUT2D eigenvalue weighted by molar-refractivity contribution is -0.118. The van der Waals surface area contributed by atoms with Crippen LogP contribution < -0.4 is 5.32 Å². The molecule has 0 spiro atoms. The fourth-order valence-corrected chi connectivity index (χ4v) is 1.41. The van der Waals surface area contributed by atoms with Crippen molar-refractivity contribution in [3.63, 3.8) is 0 Å². The number of carbonyl (C=O) groups is 1. The molecule has 1 aromatic heterocycles. The van der Waals surface area contributed by atoms with E-state index in [0.29, 0.717) is 11.6 Å². The monoisotopic (exact) mass is 210 g/mol. The van der Waals surface area contributed by atoms with Crippen LogP contribution in [-0.2, 0) is 4.79 Å². The van der Waals surface area contributed by atoms with Gasteiger partial charge in [0.25, 0.3) is 0 Å². The van der Waals surface area contributed by atoms with E-state index in [1.54, 1.807) is 0 Å². The lowest BCUT2D eigenvalue weighted by atomic mass is 10.1. The Morgan fingerprint density at radius 3 is 3.14 bits per heavy atom. The minimum absolute atomic E-state index is 0.300. The van der Waals surface area contributed by atoms with Crippen molar-refractivity contribution in [1.29, 1.82) is 5.26 Å². The number of hydrogen-bond donors (Lipinski definition) is 1. The summed E-state index contributed by atoms with van der Waals surface area (Å²) in [6.07, 6.45) is 1.38. The zero-order valence-corrected chi connectivity index (χ0v) is 8.54. The van der Waals surface area contributed by atoms with Crippen molar-refractivity contribution in [3.05, 3.63) is 5.51 Å². The van der Waals surface area contributed by atoms with E-state index in [4.69, 9.17) is 5.26 Å². The van der Waals surface area contributed by atoms with Crippen LogP contribution in [0.4, 0.5) is 5.13 Å². The Labute approximate surface area is 85.8 Å². The summed E-state index contributed by atoms with van der Waals surface area (Å²) < 4.78 is 0. The number of carbonyl (C=O) groups excluding carboxylic acids is 1. The number of anilines is 1. The molecule has 0 fully saturated rings. The lowest BCUT2D eigenvalue weighted by Crippen LogP contribution is -2.21. The number of aromatic nitrogens is 2. The van der Waals surface area contributed by atoms with Crippen LogP contribution in [0, 0.1) is 17.2 Å². The highest BCUT2D eigenvalue weighted by Crippen LogP contribution is 2.12. The number of amides is 1. The molecule has 0 bridgehead atoms. The maximum absolute atomic E-state index is 11.4. The van der Waals surface area contributed by atoms with Crippen LogP contribution in [-0.4, -0.2) is 16.1 Å². The zero-order valence-electron chi connectivity index (χ0n) is 7.73. The van der Waals surface area contributed by atoms with Crippen molar-refractivity contribution < 1.29 is 4.79 Å². The summed E-state index contributed by atoms with van der Waals surface area (Å²) in [5.41, 5.74) is 1.52. The van der Waals surface area contributed by atoms with Crippen LogP contribution in [0.25, 0.3) is 0 Å². The highest BCUT2D eigenvalue weighted by molar-refractivity contribution is 7.13. The summed E-state index contributed by atoms with van der Waals surface area (Å²) in [7, 11) is 0. The van der Waals surface area contributed by atoms with Crippen molar-refractivity contribution in [2.24, 2.45) is 5.92 Å². The van der Waals surface area contributed by atoms with E-state index in [0.717, 1.165) is 6.42 Å². The first-order chi connectivity index (χ1) is 6.77. The smallest absolute Gasteiger partial charge is 0.243 e. The van der Waals surface area contributed by atoms with Gasteiger partial charge in [-0.3, -0.25) is 10.1 Å². The number of nitrogens with zero attached hydrogens (tertiary/aromatic N) is 3. The first kappa shape index (κ1) is 10.6. The number of rotatable bonds is 4. The second-order valence-corrected chi connectivity index (χ2v) is 3.54. The van der Waals surface area contributed by atoms with E-state index in [-0.39, 0.29) is 5.91 Å². The van der Waals surface area contributed by atoms with Gasteiger partial charge in [-0.25, -0.2) is 0 Å². The van der Waals surface area contributed by atoms with E-state index in [1.807, 2.05) is 13.0 Å². The Hall–Kier alpha value is -1.48. The van der Waals surface area contributed by atoms with Gasteiger partial charge in [-0.1, -0.05) is 24.7 Å². The molecule has 0 aliphatic rings. The zero-order chi connectivity index (χ0) is 10.4. The van der Waals surface area contributed by atoms with Crippen LogP contribution in [0.1, 0.15) is 19.8 Å². The van der Waals surface area contributed by atoms with Crippen LogP contribution in [0.3, 0.4) is 0 Å². The second-order valence-electron chi connectivity index (χ2n) is 2.70. The van der Waals surface area contributed by atoms with E-state index >= 15 is 0 Å². The van der Waals surface area contributed by atoms with Crippen molar-refractivity contribution in [1.82, 2.24) is 10.2 Å². The molecule has 1 rings (SSSR count). The topological polar surface area (TPSA) is 78.7 Å². The van der Waals surface area contributed by atoms with Crippen LogP contribution >= 0.6 is 11.3 Å². The Morgan fingerprint density at radius 2 is 2.64 bits per heavy atom. The first-order valence-electron chi connectivity index (χ1n) is 4.24.